The van der Waals surface area contributed by atoms with Crippen molar-refractivity contribution in [3.8, 4) is 0 Å². The van der Waals surface area contributed by atoms with Crippen LogP contribution in [0.3, 0.4) is 0 Å². The van der Waals surface area contributed by atoms with Crippen molar-refractivity contribution in [3.05, 3.63) is 78.4 Å². The molecule has 0 aromatic heterocycles. The van der Waals surface area contributed by atoms with E-state index in [0.717, 1.165) is 10.8 Å². The standard InChI is InChI=1S/C16H19N3O4S.C10H8O3S/c1-16(2)11(15(22)23)19-13(21)10(14(19)24-16)18-12(20)9(17)8-6-4-3-5-7-8;11-14(12,13)10-6-5-8-3-1-2-4-9(8)7-10/h3-7,9-11,14H,17H2,1-2H3,(H,18,20)(H,22,23);1-7H,(H,11,12,13)/t9-,10-,11+,14-;/m1./s1. The van der Waals surface area contributed by atoms with Crippen LogP contribution in [0.15, 0.2) is 77.7 Å². The fourth-order valence-corrected chi connectivity index (χ4v) is 6.67. The first kappa shape index (κ1) is 27.6. The third-order valence-corrected chi connectivity index (χ3v) is 8.85. The van der Waals surface area contributed by atoms with E-state index in [9.17, 15) is 27.9 Å². The second kappa shape index (κ2) is 10.4. The molecule has 3 aromatic carbocycles. The van der Waals surface area contributed by atoms with Gasteiger partial charge in [-0.05, 0) is 42.3 Å². The second-order valence-corrected chi connectivity index (χ2v) is 12.6. The summed E-state index contributed by atoms with van der Waals surface area (Å²) >= 11 is 1.38. The number of amides is 2. The summed E-state index contributed by atoms with van der Waals surface area (Å²) in [4.78, 5) is 37.4. The van der Waals surface area contributed by atoms with Gasteiger partial charge in [-0.15, -0.1) is 11.8 Å². The van der Waals surface area contributed by atoms with Crippen LogP contribution in [0.2, 0.25) is 0 Å². The van der Waals surface area contributed by atoms with Gasteiger partial charge in [-0.25, -0.2) is 4.79 Å². The van der Waals surface area contributed by atoms with Crippen LogP contribution in [0, 0.1) is 0 Å². The molecule has 2 aliphatic rings. The Kier molecular flexibility index (Phi) is 7.53. The quantitative estimate of drug-likeness (QED) is 0.272. The Hall–Kier alpha value is -3.45. The molecule has 10 nitrogen and oxygen atoms in total. The van der Waals surface area contributed by atoms with E-state index in [4.69, 9.17) is 10.3 Å². The summed E-state index contributed by atoms with van der Waals surface area (Å²) in [6.45, 7) is 3.58. The van der Waals surface area contributed by atoms with E-state index in [0.29, 0.717) is 5.56 Å². The number of benzene rings is 3. The maximum absolute atomic E-state index is 12.3. The average molecular weight is 558 g/mol. The zero-order chi connectivity index (χ0) is 27.8. The van der Waals surface area contributed by atoms with Crippen molar-refractivity contribution in [2.24, 2.45) is 5.73 Å². The molecule has 5 N–H and O–H groups in total. The monoisotopic (exact) mass is 557 g/mol. The van der Waals surface area contributed by atoms with Crippen molar-refractivity contribution in [1.82, 2.24) is 10.2 Å². The molecule has 5 rings (SSSR count). The summed E-state index contributed by atoms with van der Waals surface area (Å²) in [5, 5.41) is 13.4. The maximum atomic E-state index is 12.3. The van der Waals surface area contributed by atoms with Gasteiger partial charge >= 0.3 is 5.97 Å². The zero-order valence-corrected chi connectivity index (χ0v) is 22.1. The first-order valence-corrected chi connectivity index (χ1v) is 13.9. The molecule has 4 atom stereocenters. The van der Waals surface area contributed by atoms with E-state index < -0.39 is 44.9 Å². The lowest BCUT2D eigenvalue weighted by Gasteiger charge is -2.43. The van der Waals surface area contributed by atoms with Gasteiger partial charge in [0.2, 0.25) is 11.8 Å². The van der Waals surface area contributed by atoms with Crippen LogP contribution in [0.5, 0.6) is 0 Å². The summed E-state index contributed by atoms with van der Waals surface area (Å²) in [6.07, 6.45) is 0. The molecule has 200 valence electrons. The summed E-state index contributed by atoms with van der Waals surface area (Å²) < 4.78 is 29.9. The highest BCUT2D eigenvalue weighted by Gasteiger charge is 2.64. The number of hydrogen-bond donors (Lipinski definition) is 4. The highest BCUT2D eigenvalue weighted by Crippen LogP contribution is 2.50. The molecular formula is C26H27N3O7S2. The molecule has 0 radical (unpaired) electrons. The molecule has 12 heteroatoms. The lowest BCUT2D eigenvalue weighted by Crippen LogP contribution is -2.71. The third-order valence-electron chi connectivity index (χ3n) is 6.43. The first-order valence-electron chi connectivity index (χ1n) is 11.6. The molecule has 2 saturated heterocycles. The van der Waals surface area contributed by atoms with Gasteiger partial charge in [0.05, 0.1) is 4.90 Å². The summed E-state index contributed by atoms with van der Waals surface area (Å²) in [5.74, 6) is -1.86. The predicted molar refractivity (Wildman–Crippen MR) is 143 cm³/mol. The summed E-state index contributed by atoms with van der Waals surface area (Å²) in [5.41, 5.74) is 6.59. The van der Waals surface area contributed by atoms with E-state index in [1.165, 1.54) is 28.8 Å². The number of hydrogen-bond acceptors (Lipinski definition) is 7. The fourth-order valence-electron chi connectivity index (χ4n) is 4.53. The van der Waals surface area contributed by atoms with Gasteiger partial charge in [-0.1, -0.05) is 60.7 Å². The number of rotatable bonds is 5. The van der Waals surface area contributed by atoms with Crippen LogP contribution in [-0.4, -0.2) is 63.0 Å². The number of nitrogens with zero attached hydrogens (tertiary/aromatic N) is 1. The number of carboxylic acids is 1. The molecule has 0 saturated carbocycles. The summed E-state index contributed by atoms with van der Waals surface area (Å²) in [6, 6.07) is 18.2. The van der Waals surface area contributed by atoms with Crippen molar-refractivity contribution < 1.29 is 32.5 Å². The van der Waals surface area contributed by atoms with Crippen LogP contribution < -0.4 is 11.1 Å². The van der Waals surface area contributed by atoms with Crippen molar-refractivity contribution in [2.45, 2.75) is 47.0 Å². The minimum atomic E-state index is -4.09. The van der Waals surface area contributed by atoms with E-state index in [1.54, 1.807) is 50.2 Å². The zero-order valence-electron chi connectivity index (χ0n) is 20.5. The number of carbonyl (C=O) groups is 3. The Bertz CT molecular complexity index is 1490. The molecule has 3 aromatic rings. The number of β-lactam (4-membered cyclic amide) rings is 1. The molecule has 38 heavy (non-hydrogen) atoms. The topological polar surface area (TPSA) is 167 Å². The lowest BCUT2D eigenvalue weighted by atomic mass is 9.95. The lowest BCUT2D eigenvalue weighted by molar-refractivity contribution is -0.161. The molecule has 2 fully saturated rings. The maximum Gasteiger partial charge on any atom is 0.327 e. The molecule has 0 bridgehead atoms. The Morgan fingerprint density at radius 1 is 1.03 bits per heavy atom. The van der Waals surface area contributed by atoms with Gasteiger partial charge in [0, 0.05) is 4.75 Å². The van der Waals surface area contributed by atoms with E-state index in [-0.39, 0.29) is 16.2 Å². The van der Waals surface area contributed by atoms with Crippen LogP contribution in [0.4, 0.5) is 0 Å². The SMILES string of the molecule is CC1(C)S[C@@H]2[C@H](NC(=O)[C@H](N)c3ccccc3)C(=O)N2[C@H]1C(=O)O.O=S(=O)(O)c1ccc2ccccc2c1. The van der Waals surface area contributed by atoms with E-state index in [1.807, 2.05) is 24.3 Å². The van der Waals surface area contributed by atoms with Crippen LogP contribution >= 0.6 is 11.8 Å². The van der Waals surface area contributed by atoms with Crippen LogP contribution in [-0.2, 0) is 24.5 Å². The summed E-state index contributed by atoms with van der Waals surface area (Å²) in [7, 11) is -4.09. The number of carbonyl (C=O) groups excluding carboxylic acids is 2. The van der Waals surface area contributed by atoms with Crippen molar-refractivity contribution in [2.75, 3.05) is 0 Å². The average Bonchev–Trinajstić information content (AvgIpc) is 3.14. The molecule has 2 aliphatic heterocycles. The smallest absolute Gasteiger partial charge is 0.327 e. The van der Waals surface area contributed by atoms with E-state index in [2.05, 4.69) is 5.32 Å². The van der Waals surface area contributed by atoms with Crippen LogP contribution in [0.25, 0.3) is 10.8 Å². The molecule has 0 unspecified atom stereocenters. The first-order chi connectivity index (χ1) is 17.8. The number of fused-ring (bicyclic) bond motifs is 2. The van der Waals surface area contributed by atoms with Crippen molar-refractivity contribution in [3.63, 3.8) is 0 Å². The highest BCUT2D eigenvalue weighted by molar-refractivity contribution is 8.01. The Morgan fingerprint density at radius 3 is 2.24 bits per heavy atom. The second-order valence-electron chi connectivity index (χ2n) is 9.46. The van der Waals surface area contributed by atoms with Crippen LogP contribution in [0.1, 0.15) is 25.5 Å². The fraction of sp³-hybridized carbons (Fsp3) is 0.269. The van der Waals surface area contributed by atoms with Gasteiger partial charge in [0.25, 0.3) is 10.1 Å². The Balaban J connectivity index is 0.000000204. The Morgan fingerprint density at radius 2 is 1.63 bits per heavy atom. The van der Waals surface area contributed by atoms with Crippen molar-refractivity contribution >= 4 is 50.4 Å². The van der Waals surface area contributed by atoms with Gasteiger partial charge < -0.3 is 21.1 Å². The number of thioether (sulfide) groups is 1. The van der Waals surface area contributed by atoms with Gasteiger partial charge in [0.1, 0.15) is 23.5 Å². The minimum absolute atomic E-state index is 0.0730. The predicted octanol–water partition coefficient (Wildman–Crippen LogP) is 2.40. The largest absolute Gasteiger partial charge is 0.480 e. The Labute approximate surface area is 223 Å². The van der Waals surface area contributed by atoms with Gasteiger partial charge in [-0.2, -0.15) is 8.42 Å². The third kappa shape index (κ3) is 5.39. The number of nitrogens with one attached hydrogen (secondary N) is 1. The number of nitrogens with two attached hydrogens (primary N) is 1. The van der Waals surface area contributed by atoms with Gasteiger partial charge in [-0.3, -0.25) is 14.1 Å². The molecule has 2 heterocycles. The number of carboxylic acid groups (broad SMARTS) is 1. The molecule has 0 spiro atoms. The van der Waals surface area contributed by atoms with Gasteiger partial charge in [0.15, 0.2) is 0 Å². The molecule has 0 aliphatic carbocycles. The molecular weight excluding hydrogens is 530 g/mol. The van der Waals surface area contributed by atoms with Crippen molar-refractivity contribution in [1.29, 1.82) is 0 Å². The van der Waals surface area contributed by atoms with E-state index >= 15 is 0 Å². The number of aliphatic carboxylic acids is 1. The molecule has 2 amide bonds. The highest BCUT2D eigenvalue weighted by atomic mass is 32.2. The normalized spacial score (nSPS) is 22.5. The minimum Gasteiger partial charge on any atom is -0.480 e.